The number of benzene rings is 1. The summed E-state index contributed by atoms with van der Waals surface area (Å²) < 4.78 is 5.31. The molecule has 0 saturated heterocycles. The van der Waals surface area contributed by atoms with Gasteiger partial charge in [-0.05, 0) is 49.6 Å². The maximum absolute atomic E-state index is 5.90. The zero-order valence-corrected chi connectivity index (χ0v) is 14.1. The van der Waals surface area contributed by atoms with Crippen LogP contribution in [0.15, 0.2) is 54.4 Å². The quantitative estimate of drug-likeness (QED) is 0.531. The van der Waals surface area contributed by atoms with Crippen molar-refractivity contribution in [3.8, 4) is 0 Å². The molecule has 0 spiro atoms. The highest BCUT2D eigenvalue weighted by Gasteiger charge is 1.99. The molecule has 1 aromatic rings. The van der Waals surface area contributed by atoms with E-state index in [9.17, 15) is 0 Å². The van der Waals surface area contributed by atoms with Gasteiger partial charge in [0.2, 0.25) is 0 Å². The van der Waals surface area contributed by atoms with Crippen molar-refractivity contribution >= 4 is 17.2 Å². The second kappa shape index (κ2) is 10.1. The van der Waals surface area contributed by atoms with Crippen LogP contribution in [-0.4, -0.2) is 19.8 Å². The fourth-order valence-electron chi connectivity index (χ4n) is 1.84. The smallest absolute Gasteiger partial charge is 0.0567 e. The average Bonchev–Trinajstić information content (AvgIpc) is 2.50. The van der Waals surface area contributed by atoms with Gasteiger partial charge in [0.25, 0.3) is 0 Å². The SMILES string of the molecule is C=C(N)/C(=C\C=C(/C)c1ccc(Cl)cc1)NCCCOCC. The molecule has 0 saturated carbocycles. The standard InChI is InChI=1S/C18H25ClN2O/c1-4-22-13-5-12-21-18(15(3)20)11-6-14(2)16-7-9-17(19)10-8-16/h6-11,21H,3-5,12-13,20H2,1-2H3/b14-6+,18-11+. The largest absolute Gasteiger partial charge is 0.398 e. The van der Waals surface area contributed by atoms with Gasteiger partial charge >= 0.3 is 0 Å². The average molecular weight is 321 g/mol. The van der Waals surface area contributed by atoms with E-state index in [-0.39, 0.29) is 0 Å². The van der Waals surface area contributed by atoms with E-state index in [4.69, 9.17) is 22.1 Å². The molecule has 0 fully saturated rings. The van der Waals surface area contributed by atoms with Crippen molar-refractivity contribution in [2.24, 2.45) is 5.73 Å². The zero-order chi connectivity index (χ0) is 16.4. The highest BCUT2D eigenvalue weighted by molar-refractivity contribution is 6.30. The maximum Gasteiger partial charge on any atom is 0.0567 e. The Morgan fingerprint density at radius 1 is 1.32 bits per heavy atom. The molecule has 0 bridgehead atoms. The Balaban J connectivity index is 2.66. The Morgan fingerprint density at radius 3 is 2.59 bits per heavy atom. The van der Waals surface area contributed by atoms with Gasteiger partial charge in [0, 0.05) is 30.5 Å². The number of hydrogen-bond acceptors (Lipinski definition) is 3. The van der Waals surface area contributed by atoms with Crippen LogP contribution in [0, 0.1) is 0 Å². The van der Waals surface area contributed by atoms with Gasteiger partial charge in [-0.3, -0.25) is 0 Å². The van der Waals surface area contributed by atoms with Gasteiger partial charge in [0.1, 0.15) is 0 Å². The van der Waals surface area contributed by atoms with Crippen LogP contribution in [0.2, 0.25) is 5.02 Å². The van der Waals surface area contributed by atoms with Gasteiger partial charge in [-0.25, -0.2) is 0 Å². The Morgan fingerprint density at radius 2 is 2.00 bits per heavy atom. The second-order valence-corrected chi connectivity index (χ2v) is 5.38. The number of hydrogen-bond donors (Lipinski definition) is 2. The molecule has 0 heterocycles. The molecule has 1 rings (SSSR count). The minimum atomic E-state index is 0.525. The Kier molecular flexibility index (Phi) is 8.41. The molecule has 0 aliphatic heterocycles. The lowest BCUT2D eigenvalue weighted by atomic mass is 10.1. The van der Waals surface area contributed by atoms with Gasteiger partial charge in [-0.2, -0.15) is 0 Å². The summed E-state index contributed by atoms with van der Waals surface area (Å²) in [6.07, 6.45) is 4.90. The van der Waals surface area contributed by atoms with E-state index in [0.717, 1.165) is 48.0 Å². The van der Waals surface area contributed by atoms with Gasteiger partial charge in [-0.15, -0.1) is 0 Å². The number of ether oxygens (including phenoxy) is 1. The number of halogens is 1. The van der Waals surface area contributed by atoms with E-state index in [0.29, 0.717) is 5.70 Å². The minimum absolute atomic E-state index is 0.525. The van der Waals surface area contributed by atoms with Crippen LogP contribution >= 0.6 is 11.6 Å². The van der Waals surface area contributed by atoms with Crippen LogP contribution in [0.3, 0.4) is 0 Å². The molecule has 4 heteroatoms. The van der Waals surface area contributed by atoms with E-state index < -0.39 is 0 Å². The molecule has 0 unspecified atom stereocenters. The van der Waals surface area contributed by atoms with Crippen molar-refractivity contribution in [1.29, 1.82) is 0 Å². The monoisotopic (exact) mass is 320 g/mol. The molecule has 0 amide bonds. The van der Waals surface area contributed by atoms with Crippen LogP contribution in [0.5, 0.6) is 0 Å². The van der Waals surface area contributed by atoms with Crippen LogP contribution < -0.4 is 11.1 Å². The van der Waals surface area contributed by atoms with Crippen LogP contribution in [0.25, 0.3) is 5.57 Å². The number of nitrogens with two attached hydrogens (primary N) is 1. The third-order valence-corrected chi connectivity index (χ3v) is 3.38. The van der Waals surface area contributed by atoms with Crippen LogP contribution in [-0.2, 0) is 4.74 Å². The van der Waals surface area contributed by atoms with E-state index in [1.807, 2.05) is 50.3 Å². The summed E-state index contributed by atoms with van der Waals surface area (Å²) in [4.78, 5) is 0. The first-order chi connectivity index (χ1) is 10.5. The van der Waals surface area contributed by atoms with Crippen molar-refractivity contribution in [2.45, 2.75) is 20.3 Å². The van der Waals surface area contributed by atoms with E-state index in [2.05, 4.69) is 11.9 Å². The molecule has 120 valence electrons. The van der Waals surface area contributed by atoms with Crippen molar-refractivity contribution in [1.82, 2.24) is 5.32 Å². The predicted molar refractivity (Wildman–Crippen MR) is 95.6 cm³/mol. The first-order valence-corrected chi connectivity index (χ1v) is 7.83. The molecule has 0 aromatic heterocycles. The first-order valence-electron chi connectivity index (χ1n) is 7.45. The lowest BCUT2D eigenvalue weighted by Gasteiger charge is -2.10. The summed E-state index contributed by atoms with van der Waals surface area (Å²) in [7, 11) is 0. The van der Waals surface area contributed by atoms with Gasteiger partial charge in [0.15, 0.2) is 0 Å². The van der Waals surface area contributed by atoms with Crippen molar-refractivity contribution in [2.75, 3.05) is 19.8 Å². The molecule has 0 aliphatic carbocycles. The molecule has 3 N–H and O–H groups in total. The lowest BCUT2D eigenvalue weighted by molar-refractivity contribution is 0.145. The molecular weight excluding hydrogens is 296 g/mol. The zero-order valence-electron chi connectivity index (χ0n) is 13.4. The number of allylic oxidation sites excluding steroid dienone is 3. The van der Waals surface area contributed by atoms with Crippen LogP contribution in [0.1, 0.15) is 25.8 Å². The number of rotatable bonds is 9. The summed E-state index contributed by atoms with van der Waals surface area (Å²) in [6.45, 7) is 10.1. The molecule has 1 aromatic carbocycles. The van der Waals surface area contributed by atoms with E-state index in [1.54, 1.807) is 0 Å². The fraction of sp³-hybridized carbons (Fsp3) is 0.333. The first kappa shape index (κ1) is 18.3. The Hall–Kier alpha value is -1.71. The molecular formula is C18H25ClN2O. The summed E-state index contributed by atoms with van der Waals surface area (Å²) >= 11 is 5.90. The fourth-order valence-corrected chi connectivity index (χ4v) is 1.96. The highest BCUT2D eigenvalue weighted by atomic mass is 35.5. The molecule has 0 atom stereocenters. The summed E-state index contributed by atoms with van der Waals surface area (Å²) in [6, 6.07) is 7.75. The molecule has 3 nitrogen and oxygen atoms in total. The van der Waals surface area contributed by atoms with Crippen molar-refractivity contribution in [3.05, 3.63) is 65.0 Å². The van der Waals surface area contributed by atoms with E-state index in [1.165, 1.54) is 0 Å². The Labute approximate surface area is 138 Å². The summed E-state index contributed by atoms with van der Waals surface area (Å²) in [5.74, 6) is 0. The normalized spacial score (nSPS) is 12.3. The number of nitrogens with one attached hydrogen (secondary N) is 1. The molecule has 0 aliphatic rings. The van der Waals surface area contributed by atoms with Gasteiger partial charge < -0.3 is 15.8 Å². The summed E-state index contributed by atoms with van der Waals surface area (Å²) in [5, 5.41) is 4.02. The Bertz CT molecular complexity index is 533. The van der Waals surface area contributed by atoms with Crippen molar-refractivity contribution in [3.63, 3.8) is 0 Å². The maximum atomic E-state index is 5.90. The molecule has 22 heavy (non-hydrogen) atoms. The van der Waals surface area contributed by atoms with Crippen molar-refractivity contribution < 1.29 is 4.74 Å². The van der Waals surface area contributed by atoms with Crippen LogP contribution in [0.4, 0.5) is 0 Å². The second-order valence-electron chi connectivity index (χ2n) is 4.94. The third-order valence-electron chi connectivity index (χ3n) is 3.13. The third kappa shape index (κ3) is 6.83. The summed E-state index contributed by atoms with van der Waals surface area (Å²) in [5.41, 5.74) is 9.44. The topological polar surface area (TPSA) is 47.3 Å². The lowest BCUT2D eigenvalue weighted by Crippen LogP contribution is -2.20. The van der Waals surface area contributed by atoms with Gasteiger partial charge in [-0.1, -0.05) is 36.4 Å². The minimum Gasteiger partial charge on any atom is -0.398 e. The van der Waals surface area contributed by atoms with Gasteiger partial charge in [0.05, 0.1) is 5.70 Å². The van der Waals surface area contributed by atoms with E-state index >= 15 is 0 Å². The molecule has 0 radical (unpaired) electrons. The predicted octanol–water partition coefficient (Wildman–Crippen LogP) is 4.12. The highest BCUT2D eigenvalue weighted by Crippen LogP contribution is 2.17.